The molecule has 10 amide bonds. The van der Waals surface area contributed by atoms with Crippen molar-refractivity contribution in [3.8, 4) is 30.3 Å². The average Bonchev–Trinajstić information content (AvgIpc) is 0.770. The van der Waals surface area contributed by atoms with Gasteiger partial charge in [0.1, 0.15) is 58.2 Å². The number of aliphatic hydroxyl groups excluding tert-OH is 1. The third-order valence-corrected chi connectivity index (χ3v) is 23.8. The molecule has 0 saturated carbocycles. The number of imide groups is 5. The van der Waals surface area contributed by atoms with Gasteiger partial charge in [0.05, 0.1) is 50.8 Å². The molecule has 706 valence electrons. The normalized spacial score (nSPS) is 18.0. The number of rotatable bonds is 30. The van der Waals surface area contributed by atoms with Crippen LogP contribution >= 0.6 is 23.2 Å². The van der Waals surface area contributed by atoms with E-state index in [2.05, 4.69) is 71.9 Å². The second kappa shape index (κ2) is 52.6. The molecule has 0 radical (unpaired) electrons. The van der Waals surface area contributed by atoms with Gasteiger partial charge in [-0.25, -0.2) is 4.90 Å². The number of amides is 10. The number of nitriles is 5. The van der Waals surface area contributed by atoms with Crippen LogP contribution in [0, 0.1) is 96.2 Å². The minimum Gasteiger partial charge on any atom is -0.392 e. The largest absolute Gasteiger partial charge is 0.392 e. The van der Waals surface area contributed by atoms with Crippen LogP contribution < -0.4 is 4.90 Å². The highest BCUT2D eigenvalue weighted by Gasteiger charge is 2.46. The Morgan fingerprint density at radius 2 is 0.766 bits per heavy atom. The molecule has 7 unspecified atom stereocenters. The number of aliphatic hydroxyl groups is 1. The molecule has 0 aliphatic carbocycles. The Morgan fingerprint density at radius 1 is 0.358 bits per heavy atom. The van der Waals surface area contributed by atoms with E-state index >= 15 is 0 Å². The minimum atomic E-state index is -1.07. The number of azo groups is 5. The topological polar surface area (TPSA) is 450 Å². The van der Waals surface area contributed by atoms with Gasteiger partial charge in [0.15, 0.2) is 30.2 Å². The predicted octanol–water partition coefficient (Wildman–Crippen LogP) is 21.8. The van der Waals surface area contributed by atoms with Gasteiger partial charge in [-0.3, -0.25) is 67.5 Å². The van der Waals surface area contributed by atoms with E-state index in [1.807, 2.05) is 139 Å². The molecule has 5 heterocycles. The maximum Gasteiger partial charge on any atom is 0.275 e. The second-order valence-corrected chi connectivity index (χ2v) is 33.8. The molecule has 0 aromatic heterocycles. The summed E-state index contributed by atoms with van der Waals surface area (Å²) in [6.07, 6.45) is 9.89. The summed E-state index contributed by atoms with van der Waals surface area (Å²) in [4.78, 5) is 133. The molecule has 5 aliphatic heterocycles. The predicted molar refractivity (Wildman–Crippen MR) is 518 cm³/mol. The monoisotopic (exact) mass is 1880 g/mol. The number of hydrogen-bond donors (Lipinski definition) is 1. The number of halogens is 2. The van der Waals surface area contributed by atoms with Gasteiger partial charge in [0.25, 0.3) is 59.1 Å². The van der Waals surface area contributed by atoms with E-state index in [4.69, 9.17) is 23.2 Å². The lowest BCUT2D eigenvalue weighted by molar-refractivity contribution is -0.146. The molecule has 7 aromatic carbocycles. The quantitative estimate of drug-likeness (QED) is 0.0323. The van der Waals surface area contributed by atoms with E-state index < -0.39 is 89.3 Å². The fraction of sp³-hybridized carbons (Fsp3) is 0.356. The van der Waals surface area contributed by atoms with Crippen molar-refractivity contribution < 1.29 is 53.1 Å². The minimum absolute atomic E-state index is 0.00122. The highest BCUT2D eigenvalue weighted by Crippen LogP contribution is 2.37. The van der Waals surface area contributed by atoms with Crippen LogP contribution in [-0.2, 0) is 54.6 Å². The van der Waals surface area contributed by atoms with Gasteiger partial charge >= 0.3 is 0 Å². The highest BCUT2D eigenvalue weighted by atomic mass is 35.5. The smallest absolute Gasteiger partial charge is 0.275 e. The summed E-state index contributed by atoms with van der Waals surface area (Å²) in [5, 5.41) is 98.9. The third-order valence-electron chi connectivity index (χ3n) is 23.1. The molecular weight excluding hydrogens is 1780 g/mol. The zero-order valence-corrected chi connectivity index (χ0v) is 80.8. The van der Waals surface area contributed by atoms with E-state index in [9.17, 15) is 79.4 Å². The second-order valence-electron chi connectivity index (χ2n) is 33.0. The lowest BCUT2D eigenvalue weighted by Crippen LogP contribution is -2.49. The number of para-hydroxylation sites is 1. The first-order chi connectivity index (χ1) is 65.8. The van der Waals surface area contributed by atoms with Crippen molar-refractivity contribution >= 4 is 122 Å². The number of carbonyl (C=O) groups is 10. The van der Waals surface area contributed by atoms with Crippen LogP contribution in [0.1, 0.15) is 173 Å². The number of hydrogen-bond acceptors (Lipinski definition) is 26. The number of carbonyl (C=O) groups excluding carboxylic acids is 10. The van der Waals surface area contributed by atoms with Gasteiger partial charge in [-0.1, -0.05) is 212 Å². The maximum absolute atomic E-state index is 13.1. The molecule has 0 fully saturated rings. The van der Waals surface area contributed by atoms with Crippen molar-refractivity contribution in [1.82, 2.24) is 19.6 Å². The van der Waals surface area contributed by atoms with Crippen molar-refractivity contribution in [2.24, 2.45) is 63.0 Å². The lowest BCUT2D eigenvalue weighted by atomic mass is 9.89. The Hall–Kier alpha value is -15.1. The fourth-order valence-corrected chi connectivity index (χ4v) is 15.4. The van der Waals surface area contributed by atoms with Crippen LogP contribution in [0.2, 0.25) is 10.0 Å². The molecule has 1 N–H and O–H groups in total. The van der Waals surface area contributed by atoms with E-state index in [0.29, 0.717) is 104 Å². The zero-order valence-electron chi connectivity index (χ0n) is 79.3. The third kappa shape index (κ3) is 27.6. The van der Waals surface area contributed by atoms with Crippen LogP contribution in [0.4, 0.5) is 34.1 Å². The van der Waals surface area contributed by atoms with E-state index in [1.165, 1.54) is 17.9 Å². The first-order valence-corrected chi connectivity index (χ1v) is 45.9. The van der Waals surface area contributed by atoms with Crippen LogP contribution in [-0.4, -0.2) is 140 Å². The van der Waals surface area contributed by atoms with Crippen molar-refractivity contribution in [1.29, 1.82) is 26.3 Å². The molecule has 0 spiro atoms. The van der Waals surface area contributed by atoms with Gasteiger partial charge < -0.3 is 5.11 Å². The highest BCUT2D eigenvalue weighted by molar-refractivity contribution is 6.42. The maximum atomic E-state index is 13.1. The molecule has 31 nitrogen and oxygen atoms in total. The van der Waals surface area contributed by atoms with Gasteiger partial charge in [-0.2, -0.15) is 77.5 Å². The van der Waals surface area contributed by atoms with Crippen LogP contribution in [0.3, 0.4) is 0 Å². The molecule has 0 bridgehead atoms. The van der Waals surface area contributed by atoms with Gasteiger partial charge in [-0.05, 0) is 216 Å². The fourth-order valence-electron chi connectivity index (χ4n) is 15.1. The van der Waals surface area contributed by atoms with Crippen molar-refractivity contribution in [3.05, 3.63) is 263 Å². The lowest BCUT2D eigenvalue weighted by Gasteiger charge is -2.31. The first kappa shape index (κ1) is 107. The average molecular weight is 1890 g/mol. The van der Waals surface area contributed by atoms with Gasteiger partial charge in [0.2, 0.25) is 0 Å². The van der Waals surface area contributed by atoms with E-state index in [1.54, 1.807) is 124 Å². The Bertz CT molecular complexity index is 6220. The van der Waals surface area contributed by atoms with Gasteiger partial charge in [-0.15, -0.1) is 0 Å². The molecule has 137 heavy (non-hydrogen) atoms. The Balaban J connectivity index is 0.000000211. The SMILES string of the molecule is CC1=C(C#N)C(=O)N(c2ccccc2)C(=O)C1N=Nc1cccc(CO)c1.CCCCC(CC)CN1C(=O)C(C#N)=C(C)C(N=Nc2ccc(Cl)c(Cl)c2)C1=O.CCCCC(CC)CN1C(=O)C(C#N)=C(C)C(N=Nc2ccccc2C)C1=O.CCCCN1C(=O)C(C#N)=C(C)C(N=Nc2ccc(C)cc2)C1=O.CCCN1C(=O)C(C#N)=C(c2ccccc2)C(N=Nc2cc(C)cc(C)c2)C1=O. The van der Waals surface area contributed by atoms with Crippen molar-refractivity contribution in [3.63, 3.8) is 0 Å². The summed E-state index contributed by atoms with van der Waals surface area (Å²) in [5.74, 6) is -4.71. The summed E-state index contributed by atoms with van der Waals surface area (Å²) in [5.41, 5.74) is 9.92. The summed E-state index contributed by atoms with van der Waals surface area (Å²) >= 11 is 11.9. The van der Waals surface area contributed by atoms with Crippen molar-refractivity contribution in [2.45, 2.75) is 204 Å². The van der Waals surface area contributed by atoms with Crippen LogP contribution in [0.15, 0.2) is 271 Å². The Labute approximate surface area is 808 Å². The molecular formula is C104H110Cl2N20O11. The molecule has 7 atom stereocenters. The molecule has 7 aromatic rings. The molecule has 5 aliphatic rings. The summed E-state index contributed by atoms with van der Waals surface area (Å²) in [6.45, 7) is 27.3. The molecule has 33 heteroatoms. The molecule has 0 saturated heterocycles. The van der Waals surface area contributed by atoms with Crippen molar-refractivity contribution in [2.75, 3.05) is 31.1 Å². The Kier molecular flexibility index (Phi) is 41.1. The zero-order chi connectivity index (χ0) is 100. The first-order valence-electron chi connectivity index (χ1n) is 45.2. The summed E-state index contributed by atoms with van der Waals surface area (Å²) in [6, 6.07) is 54.2. The summed E-state index contributed by atoms with van der Waals surface area (Å²) in [7, 11) is 0. The van der Waals surface area contributed by atoms with E-state index in [0.717, 1.165) is 99.6 Å². The van der Waals surface area contributed by atoms with Gasteiger partial charge in [0, 0.05) is 31.8 Å². The number of nitrogens with zero attached hydrogens (tertiary/aromatic N) is 20. The van der Waals surface area contributed by atoms with Crippen LogP contribution in [0.25, 0.3) is 5.57 Å². The Morgan fingerprint density at radius 3 is 1.24 bits per heavy atom. The van der Waals surface area contributed by atoms with Crippen LogP contribution in [0.5, 0.6) is 0 Å². The number of aryl methyl sites for hydroxylation is 4. The number of unbranched alkanes of at least 4 members (excludes halogenated alkanes) is 3. The standard InChI is InChI=1S/C23H22N4O2.C22H28N4O2.C21H24Cl2N4O2.C20H16N4O3.C18H20N4O2/c1-4-10-27-22(28)19(14-24)20(17-8-6-5-7-9-17)21(23(27)29)26-25-18-12-15(2)11-16(3)13-18;1-5-7-11-17(6-2)14-26-21(27)18(13-23)16(4)20(22(26)28)25-24-19-12-9-8-10-15(19)3;1-4-6-7-14(5-2)12-27-20(28)16(11-24)13(3)19(21(27)29)26-25-15-8-9-17(22)18(23)10-15;1-13-17(11-21)19(26)24(16-8-3-2-4-9-16)20(27)18(13)23-22-15-7-5-6-14(10-15)12-25;1-4-5-10-22-17(23)15(11-19)13(3)16(18(22)24)21-20-14-8-6-12(2)7-9-14/h5-9,11-13,21H,4,10H2,1-3H3;8-10,12,17,20H,5-7,11,14H2,1-4H3;8-10,14,19H,4-7,12H2,1-3H3;2-10,18,25H,12H2,1H3;6-9,16H,4-5,10H2,1-3H3. The number of anilines is 1. The number of benzene rings is 7. The molecule has 12 rings (SSSR count). The summed E-state index contributed by atoms with van der Waals surface area (Å²) < 4.78 is 0. The van der Waals surface area contributed by atoms with E-state index in [-0.39, 0.29) is 65.0 Å².